The normalized spacial score (nSPS) is 19.8. The van der Waals surface area contributed by atoms with Gasteiger partial charge >= 0.3 is 6.03 Å². The van der Waals surface area contributed by atoms with Gasteiger partial charge in [0.25, 0.3) is 0 Å². The molecule has 2 aromatic heterocycles. The van der Waals surface area contributed by atoms with Gasteiger partial charge in [-0.2, -0.15) is 5.10 Å². The summed E-state index contributed by atoms with van der Waals surface area (Å²) in [6.45, 7) is 4.26. The van der Waals surface area contributed by atoms with Gasteiger partial charge in [0.1, 0.15) is 0 Å². The highest BCUT2D eigenvalue weighted by Gasteiger charge is 2.30. The number of nitrogens with one attached hydrogen (secondary N) is 1. The van der Waals surface area contributed by atoms with Crippen molar-refractivity contribution in [1.82, 2.24) is 14.8 Å². The Kier molecular flexibility index (Phi) is 4.70. The first kappa shape index (κ1) is 19.0. The molecule has 0 radical (unpaired) electrons. The molecule has 0 saturated heterocycles. The van der Waals surface area contributed by atoms with Crippen molar-refractivity contribution >= 4 is 21.6 Å². The summed E-state index contributed by atoms with van der Waals surface area (Å²) in [7, 11) is -3.80. The molecule has 28 heavy (non-hydrogen) atoms. The predicted octanol–water partition coefficient (Wildman–Crippen LogP) is 2.91. The van der Waals surface area contributed by atoms with E-state index in [-0.39, 0.29) is 0 Å². The van der Waals surface area contributed by atoms with Crippen LogP contribution in [0.1, 0.15) is 55.1 Å². The number of anilines is 1. The van der Waals surface area contributed by atoms with Crippen molar-refractivity contribution in [3.05, 3.63) is 34.5 Å². The van der Waals surface area contributed by atoms with Gasteiger partial charge in [-0.3, -0.25) is 9.67 Å². The van der Waals surface area contributed by atoms with E-state index in [1.54, 1.807) is 6.92 Å². The van der Waals surface area contributed by atoms with Crippen LogP contribution in [0, 0.1) is 5.82 Å². The van der Waals surface area contributed by atoms with Crippen LogP contribution < -0.4 is 10.5 Å². The van der Waals surface area contributed by atoms with E-state index in [4.69, 9.17) is 10.1 Å². The van der Waals surface area contributed by atoms with Crippen LogP contribution in [0.5, 0.6) is 0 Å². The molecule has 10 heteroatoms. The van der Waals surface area contributed by atoms with Crippen LogP contribution in [-0.2, 0) is 35.7 Å². The van der Waals surface area contributed by atoms with E-state index < -0.39 is 26.8 Å². The van der Waals surface area contributed by atoms with Crippen LogP contribution in [0.3, 0.4) is 0 Å². The number of halogens is 1. The maximum atomic E-state index is 14.0. The number of rotatable bonds is 3. The molecule has 4 rings (SSSR count). The number of nitrogens with zero attached hydrogens (tertiary/aromatic N) is 4. The molecule has 0 aliphatic heterocycles. The highest BCUT2D eigenvalue weighted by Crippen LogP contribution is 2.41. The largest absolute Gasteiger partial charge is 0.354 e. The third-order valence-electron chi connectivity index (χ3n) is 5.39. The second-order valence-corrected chi connectivity index (χ2v) is 9.00. The lowest BCUT2D eigenvalue weighted by Crippen LogP contribution is -2.20. The number of amides is 2. The molecule has 2 aliphatic rings. The third-order valence-corrected chi connectivity index (χ3v) is 6.66. The van der Waals surface area contributed by atoms with Crippen molar-refractivity contribution in [2.75, 3.05) is 5.32 Å². The summed E-state index contributed by atoms with van der Waals surface area (Å²) >= 11 is 0. The lowest BCUT2D eigenvalue weighted by molar-refractivity contribution is 0.260. The zero-order valence-corrected chi connectivity index (χ0v) is 16.7. The fourth-order valence-corrected chi connectivity index (χ4v) is 4.92. The Morgan fingerprint density at radius 1 is 1.43 bits per heavy atom. The summed E-state index contributed by atoms with van der Waals surface area (Å²) in [6.07, 6.45) is 5.56. The van der Waals surface area contributed by atoms with E-state index in [0.29, 0.717) is 18.2 Å². The number of aromatic nitrogens is 3. The molecule has 0 saturated carbocycles. The minimum absolute atomic E-state index is 0.333. The van der Waals surface area contributed by atoms with Crippen molar-refractivity contribution < 1.29 is 13.4 Å². The van der Waals surface area contributed by atoms with Crippen LogP contribution in [0.4, 0.5) is 14.9 Å². The van der Waals surface area contributed by atoms with Crippen LogP contribution in [0.15, 0.2) is 15.6 Å². The Balaban J connectivity index is 1.70. The topological polar surface area (TPSA) is 115 Å². The number of carbonyl (C=O) groups is 1. The highest BCUT2D eigenvalue weighted by atomic mass is 32.2. The quantitative estimate of drug-likeness (QED) is 0.815. The van der Waals surface area contributed by atoms with Gasteiger partial charge in [-0.25, -0.2) is 18.5 Å². The maximum Gasteiger partial charge on any atom is 0.354 e. The molecular formula is C18H23FN6O2S. The van der Waals surface area contributed by atoms with Crippen molar-refractivity contribution in [2.45, 2.75) is 63.4 Å². The zero-order valence-electron chi connectivity index (χ0n) is 15.9. The average molecular weight is 406 g/mol. The van der Waals surface area contributed by atoms with E-state index in [2.05, 4.69) is 21.7 Å². The second-order valence-electron chi connectivity index (χ2n) is 7.30. The molecule has 2 aromatic rings. The monoisotopic (exact) mass is 406 g/mol. The van der Waals surface area contributed by atoms with Crippen molar-refractivity contribution in [2.24, 2.45) is 9.50 Å². The molecule has 0 aromatic carbocycles. The van der Waals surface area contributed by atoms with E-state index >= 15 is 0 Å². The Morgan fingerprint density at radius 3 is 2.93 bits per heavy atom. The van der Waals surface area contributed by atoms with E-state index in [1.807, 2.05) is 0 Å². The number of pyridine rings is 1. The van der Waals surface area contributed by atoms with Crippen LogP contribution in [-0.4, -0.2) is 25.0 Å². The van der Waals surface area contributed by atoms with E-state index in [1.165, 1.54) is 4.68 Å². The Bertz CT molecular complexity index is 1090. The van der Waals surface area contributed by atoms with Gasteiger partial charge in [0.2, 0.25) is 5.03 Å². The fraction of sp³-hybridized carbons (Fsp3) is 0.500. The molecule has 3 N–H and O–H groups in total. The van der Waals surface area contributed by atoms with Crippen molar-refractivity contribution in [3.63, 3.8) is 0 Å². The van der Waals surface area contributed by atoms with E-state index in [0.717, 1.165) is 60.8 Å². The molecule has 0 unspecified atom stereocenters. The Morgan fingerprint density at radius 2 is 2.21 bits per heavy atom. The molecule has 2 amide bonds. The summed E-state index contributed by atoms with van der Waals surface area (Å²) < 4.78 is 31.5. The van der Waals surface area contributed by atoms with Crippen molar-refractivity contribution in [3.8, 4) is 0 Å². The van der Waals surface area contributed by atoms with Gasteiger partial charge in [-0.15, -0.1) is 4.36 Å². The van der Waals surface area contributed by atoms with Gasteiger partial charge in [-0.1, -0.05) is 6.92 Å². The first-order valence-corrected chi connectivity index (χ1v) is 11.0. The van der Waals surface area contributed by atoms with Gasteiger partial charge in [0.05, 0.1) is 11.9 Å². The summed E-state index contributed by atoms with van der Waals surface area (Å²) in [5.74, 6) is -0.509. The number of urea groups is 1. The Labute approximate surface area is 163 Å². The van der Waals surface area contributed by atoms with Crippen LogP contribution in [0.2, 0.25) is 0 Å². The molecule has 8 nitrogen and oxygen atoms in total. The SMILES string of the molecule is CCn1cc(F)c([S@](N)(=O)=NC(=O)Nc2c3c(nc4c2CC[C@H]4C)CCC3)n1. The third kappa shape index (κ3) is 3.20. The molecule has 0 spiro atoms. The van der Waals surface area contributed by atoms with Crippen LogP contribution >= 0.6 is 0 Å². The lowest BCUT2D eigenvalue weighted by atomic mass is 10.0. The number of carbonyl (C=O) groups excluding carboxylic acids is 1. The first-order chi connectivity index (χ1) is 13.3. The standard InChI is InChI=1S/C18H23FN6O2S/c1-3-25-9-13(19)17(23-25)28(20,27)24-18(26)22-16-11-5-4-6-14(11)21-15-10(2)7-8-12(15)16/h9-10H,3-8H2,1-2H3,(H3,20,21,22,24,26,27)/t10-,28-/m1/s1. The lowest BCUT2D eigenvalue weighted by Gasteiger charge is -2.15. The summed E-state index contributed by atoms with van der Waals surface area (Å²) in [5.41, 5.74) is 4.76. The average Bonchev–Trinajstić information content (AvgIpc) is 3.33. The maximum absolute atomic E-state index is 14.0. The zero-order chi connectivity index (χ0) is 20.1. The Hall–Kier alpha value is -2.33. The summed E-state index contributed by atoms with van der Waals surface area (Å²) in [6, 6.07) is -0.861. The molecule has 2 heterocycles. The second kappa shape index (κ2) is 6.93. The fourth-order valence-electron chi connectivity index (χ4n) is 3.99. The molecule has 0 bridgehead atoms. The number of hydrogen-bond donors (Lipinski definition) is 2. The minimum atomic E-state index is -3.80. The first-order valence-electron chi connectivity index (χ1n) is 9.43. The number of nitrogens with two attached hydrogens (primary N) is 1. The van der Waals surface area contributed by atoms with Gasteiger partial charge in [0, 0.05) is 17.9 Å². The van der Waals surface area contributed by atoms with Gasteiger partial charge in [-0.05, 0) is 56.1 Å². The molecular weight excluding hydrogens is 383 g/mol. The number of hydrogen-bond acceptors (Lipinski definition) is 4. The molecule has 0 fully saturated rings. The number of aryl methyl sites for hydroxylation is 2. The van der Waals surface area contributed by atoms with Gasteiger partial charge < -0.3 is 5.32 Å². The summed E-state index contributed by atoms with van der Waals surface area (Å²) in [4.78, 5) is 17.4. The van der Waals surface area contributed by atoms with Crippen molar-refractivity contribution in [1.29, 1.82) is 0 Å². The van der Waals surface area contributed by atoms with E-state index in [9.17, 15) is 13.4 Å². The highest BCUT2D eigenvalue weighted by molar-refractivity contribution is 7.91. The van der Waals surface area contributed by atoms with Crippen LogP contribution in [0.25, 0.3) is 0 Å². The van der Waals surface area contributed by atoms with Gasteiger partial charge in [0.15, 0.2) is 15.7 Å². The minimum Gasteiger partial charge on any atom is -0.305 e. The molecule has 150 valence electrons. The number of fused-ring (bicyclic) bond motifs is 2. The molecule has 2 aliphatic carbocycles. The summed E-state index contributed by atoms with van der Waals surface area (Å²) in [5, 5.41) is 11.8. The molecule has 2 atom stereocenters. The smallest absolute Gasteiger partial charge is 0.305 e. The predicted molar refractivity (Wildman–Crippen MR) is 103 cm³/mol.